The van der Waals surface area contributed by atoms with E-state index in [9.17, 15) is 0 Å². The Kier molecular flexibility index (Phi) is 20.5. The first kappa shape index (κ1) is 21.2. The molecule has 0 atom stereocenters. The van der Waals surface area contributed by atoms with Gasteiger partial charge in [0.1, 0.15) is 0 Å². The highest BCUT2D eigenvalue weighted by Gasteiger charge is 1.94. The first-order valence-electron chi connectivity index (χ1n) is 9.75. The normalized spacial score (nSPS) is 11.1. The molecule has 0 bridgehead atoms. The molecule has 0 saturated carbocycles. The van der Waals surface area contributed by atoms with E-state index in [1.54, 1.807) is 0 Å². The monoisotopic (exact) mass is 317 g/mol. The number of nitrogens with one attached hydrogen (secondary N) is 1. The molecule has 0 aromatic heterocycles. The van der Waals surface area contributed by atoms with Crippen molar-refractivity contribution in [2.75, 3.05) is 6.54 Å². The van der Waals surface area contributed by atoms with Gasteiger partial charge < -0.3 is 0 Å². The van der Waals surface area contributed by atoms with Gasteiger partial charge in [-0.3, -0.25) is 0 Å². The third-order valence-electron chi connectivity index (χ3n) is 4.37. The summed E-state index contributed by atoms with van der Waals surface area (Å²) in [4.78, 5) is 2.69. The van der Waals surface area contributed by atoms with Gasteiger partial charge in [-0.15, -0.1) is 0 Å². The Morgan fingerprint density at radius 3 is 1.05 bits per heavy atom. The van der Waals surface area contributed by atoms with Crippen molar-refractivity contribution in [2.45, 2.75) is 116 Å². The van der Waals surface area contributed by atoms with Crippen LogP contribution >= 0.6 is 11.8 Å². The van der Waals surface area contributed by atoms with E-state index >= 15 is 0 Å². The molecule has 0 saturated heterocycles. The first-order valence-corrected chi connectivity index (χ1v) is 10.1. The predicted molar refractivity (Wildman–Crippen MR) is 98.0 cm³/mol. The lowest BCUT2D eigenvalue weighted by atomic mass is 10.0. The van der Waals surface area contributed by atoms with E-state index in [2.05, 4.69) is 11.8 Å². The predicted octanol–water partition coefficient (Wildman–Crippen LogP) is 7.38. The summed E-state index contributed by atoms with van der Waals surface area (Å²) in [6.45, 7) is 3.25. The van der Waals surface area contributed by atoms with Crippen molar-refractivity contribution in [1.29, 1.82) is 0 Å². The molecule has 0 amide bonds. The highest BCUT2D eigenvalue weighted by Crippen LogP contribution is 2.13. The van der Waals surface area contributed by atoms with Gasteiger partial charge in [0.25, 0.3) is 0 Å². The molecule has 0 aliphatic heterocycles. The maximum Gasteiger partial charge on any atom is 0.0108 e. The summed E-state index contributed by atoms with van der Waals surface area (Å²) >= 11 is 5.42. The van der Waals surface area contributed by atoms with Crippen molar-refractivity contribution in [3.05, 3.63) is 0 Å². The van der Waals surface area contributed by atoms with Gasteiger partial charge in [-0.1, -0.05) is 110 Å². The van der Waals surface area contributed by atoms with Crippen LogP contribution in [0.5, 0.6) is 0 Å². The van der Waals surface area contributed by atoms with Crippen LogP contribution in [-0.4, -0.2) is 6.54 Å². The second kappa shape index (κ2) is 20.2. The van der Waals surface area contributed by atoms with E-state index in [0.717, 1.165) is 6.54 Å². The van der Waals surface area contributed by atoms with Gasteiger partial charge in [0.15, 0.2) is 0 Å². The molecule has 0 rings (SSSR count). The molecule has 0 radical (unpaired) electrons. The average Bonchev–Trinajstić information content (AvgIpc) is 2.50. The molecule has 0 heterocycles. The molecule has 0 unspecified atom stereocenters. The van der Waals surface area contributed by atoms with Crippen LogP contribution in [0.3, 0.4) is 0 Å². The Morgan fingerprint density at radius 1 is 0.476 bits per heavy atom. The number of halogens is 1. The minimum Gasteiger partial charge on any atom is -0.234 e. The van der Waals surface area contributed by atoms with E-state index in [1.165, 1.54) is 109 Å². The van der Waals surface area contributed by atoms with E-state index in [4.69, 9.17) is 11.8 Å². The van der Waals surface area contributed by atoms with Crippen molar-refractivity contribution in [1.82, 2.24) is 4.84 Å². The number of rotatable bonds is 18. The topological polar surface area (TPSA) is 12.0 Å². The molecule has 128 valence electrons. The second-order valence-corrected chi connectivity index (χ2v) is 6.81. The molecule has 0 fully saturated rings. The lowest BCUT2D eigenvalue weighted by Crippen LogP contribution is -1.99. The second-order valence-electron chi connectivity index (χ2n) is 6.54. The molecule has 0 aromatic carbocycles. The Labute approximate surface area is 139 Å². The van der Waals surface area contributed by atoms with Gasteiger partial charge in [-0.2, -0.15) is 0 Å². The van der Waals surface area contributed by atoms with E-state index in [0.29, 0.717) is 0 Å². The van der Waals surface area contributed by atoms with Crippen molar-refractivity contribution in [2.24, 2.45) is 0 Å². The van der Waals surface area contributed by atoms with E-state index in [-0.39, 0.29) is 0 Å². The molecule has 1 N–H and O–H groups in total. The molecule has 2 heteroatoms. The molecular weight excluding hydrogens is 278 g/mol. The van der Waals surface area contributed by atoms with E-state index in [1.807, 2.05) is 0 Å². The van der Waals surface area contributed by atoms with Crippen molar-refractivity contribution >= 4 is 11.8 Å². The summed E-state index contributed by atoms with van der Waals surface area (Å²) in [6, 6.07) is 0. The Balaban J connectivity index is 2.90. The fraction of sp³-hybridized carbons (Fsp3) is 1.00. The van der Waals surface area contributed by atoms with Gasteiger partial charge in [-0.05, 0) is 18.2 Å². The Morgan fingerprint density at radius 2 is 0.762 bits per heavy atom. The number of unbranched alkanes of at least 4 members (excludes halogenated alkanes) is 16. The zero-order chi connectivity index (χ0) is 15.4. The molecular formula is C19H40ClN. The lowest BCUT2D eigenvalue weighted by Gasteiger charge is -2.03. The highest BCUT2D eigenvalue weighted by molar-refractivity contribution is 6.13. The van der Waals surface area contributed by atoms with Crippen molar-refractivity contribution in [3.63, 3.8) is 0 Å². The quantitative estimate of drug-likeness (QED) is 0.205. The van der Waals surface area contributed by atoms with Gasteiger partial charge in [-0.25, -0.2) is 4.84 Å². The highest BCUT2D eigenvalue weighted by atomic mass is 35.5. The first-order chi connectivity index (χ1) is 10.4. The fourth-order valence-corrected chi connectivity index (χ4v) is 3.05. The van der Waals surface area contributed by atoms with Crippen LogP contribution in [0, 0.1) is 0 Å². The third kappa shape index (κ3) is 20.2. The van der Waals surface area contributed by atoms with Crippen LogP contribution in [0.2, 0.25) is 0 Å². The van der Waals surface area contributed by atoms with Crippen molar-refractivity contribution < 1.29 is 0 Å². The maximum atomic E-state index is 5.42. The van der Waals surface area contributed by atoms with Crippen LogP contribution in [0.4, 0.5) is 0 Å². The van der Waals surface area contributed by atoms with Gasteiger partial charge in [0.05, 0.1) is 0 Å². The van der Waals surface area contributed by atoms with Crippen LogP contribution in [0.1, 0.15) is 116 Å². The Hall–Kier alpha value is 0.250. The zero-order valence-electron chi connectivity index (χ0n) is 14.6. The number of hydrogen-bond acceptors (Lipinski definition) is 1. The summed E-state index contributed by atoms with van der Waals surface area (Å²) in [6.07, 6.45) is 24.2. The molecule has 0 aromatic rings. The van der Waals surface area contributed by atoms with Crippen LogP contribution in [0.25, 0.3) is 0 Å². The standard InChI is InChI=1S/C19H40ClN/c1-2-3-4-5-6-7-8-9-10-11-12-13-14-15-16-17-18-19-21-20/h21H,2-19H2,1H3. The smallest absolute Gasteiger partial charge is 0.0108 e. The maximum absolute atomic E-state index is 5.42. The molecule has 21 heavy (non-hydrogen) atoms. The Bertz CT molecular complexity index is 155. The zero-order valence-corrected chi connectivity index (χ0v) is 15.4. The van der Waals surface area contributed by atoms with Crippen LogP contribution in [0.15, 0.2) is 0 Å². The molecule has 1 nitrogen and oxygen atoms in total. The van der Waals surface area contributed by atoms with Crippen LogP contribution in [-0.2, 0) is 0 Å². The molecule has 0 spiro atoms. The van der Waals surface area contributed by atoms with Gasteiger partial charge in [0, 0.05) is 6.54 Å². The lowest BCUT2D eigenvalue weighted by molar-refractivity contribution is 0.527. The minimum absolute atomic E-state index is 0.958. The molecule has 0 aliphatic carbocycles. The van der Waals surface area contributed by atoms with E-state index < -0.39 is 0 Å². The summed E-state index contributed by atoms with van der Waals surface area (Å²) < 4.78 is 0. The molecule has 0 aliphatic rings. The summed E-state index contributed by atoms with van der Waals surface area (Å²) in [5, 5.41) is 0. The van der Waals surface area contributed by atoms with Gasteiger partial charge in [0.2, 0.25) is 0 Å². The summed E-state index contributed by atoms with van der Waals surface area (Å²) in [5.41, 5.74) is 0. The van der Waals surface area contributed by atoms with Crippen molar-refractivity contribution in [3.8, 4) is 0 Å². The largest absolute Gasteiger partial charge is 0.234 e. The minimum atomic E-state index is 0.958. The van der Waals surface area contributed by atoms with Crippen LogP contribution < -0.4 is 4.84 Å². The fourth-order valence-electron chi connectivity index (χ4n) is 2.92. The average molecular weight is 318 g/mol. The SMILES string of the molecule is CCCCCCCCCCCCCCCCCCCNCl. The summed E-state index contributed by atoms with van der Waals surface area (Å²) in [5.74, 6) is 0. The third-order valence-corrected chi connectivity index (χ3v) is 4.56. The number of hydrogen-bond donors (Lipinski definition) is 1. The van der Waals surface area contributed by atoms with Gasteiger partial charge >= 0.3 is 0 Å². The summed E-state index contributed by atoms with van der Waals surface area (Å²) in [7, 11) is 0.